The summed E-state index contributed by atoms with van der Waals surface area (Å²) in [5, 5.41) is 11.6. The van der Waals surface area contributed by atoms with Gasteiger partial charge in [-0.15, -0.1) is 102 Å². The molecule has 9 heterocycles. The molecule has 368 valence electrons. The predicted octanol–water partition coefficient (Wildman–Crippen LogP) is 20.9. The molecule has 71 heavy (non-hydrogen) atoms. The Balaban J connectivity index is 0.000000163. The number of hydrogen-bond acceptors (Lipinski definition) is 9. The Hall–Kier alpha value is -3.72. The quantitative estimate of drug-likeness (QED) is 0.146. The molecular formula is C47H21BrF14S9. The average Bonchev–Trinajstić information content (AvgIpc) is 4.18. The molecule has 24 heteroatoms. The smallest absolute Gasteiger partial charge is 0.202 e. The topological polar surface area (TPSA) is 0 Å². The van der Waals surface area contributed by atoms with Gasteiger partial charge in [-0.2, -0.15) is 52.7 Å². The summed E-state index contributed by atoms with van der Waals surface area (Å²) in [7, 11) is 0. The van der Waals surface area contributed by atoms with Gasteiger partial charge in [-0.1, -0.05) is 36.4 Å². The predicted molar refractivity (Wildman–Crippen MR) is 267 cm³/mol. The molecule has 9 aromatic rings. The van der Waals surface area contributed by atoms with Crippen LogP contribution in [0.2, 0.25) is 0 Å². The first-order valence-electron chi connectivity index (χ1n) is 19.9. The zero-order valence-electron chi connectivity index (χ0n) is 34.5. The molecule has 0 radical (unpaired) electrons. The van der Waals surface area contributed by atoms with Gasteiger partial charge < -0.3 is 0 Å². The Morgan fingerprint density at radius 3 is 1.03 bits per heavy atom. The summed E-state index contributed by atoms with van der Waals surface area (Å²) in [4.78, 5) is 10.1. The van der Waals surface area contributed by atoms with Gasteiger partial charge in [0.15, 0.2) is 0 Å². The summed E-state index contributed by atoms with van der Waals surface area (Å²) >= 11 is 17.0. The minimum absolute atomic E-state index is 0.247. The van der Waals surface area contributed by atoms with Crippen molar-refractivity contribution in [2.24, 2.45) is 0 Å². The second-order valence-electron chi connectivity index (χ2n) is 15.4. The molecule has 0 atom stereocenters. The second kappa shape index (κ2) is 18.0. The van der Waals surface area contributed by atoms with Gasteiger partial charge in [0.2, 0.25) is 11.7 Å². The molecule has 3 aliphatic carbocycles. The van der Waals surface area contributed by atoms with Crippen LogP contribution in [0.15, 0.2) is 139 Å². The van der Waals surface area contributed by atoms with Gasteiger partial charge in [0.05, 0.1) is 4.88 Å². The highest BCUT2D eigenvalue weighted by molar-refractivity contribution is 9.10. The first kappa shape index (κ1) is 50.8. The van der Waals surface area contributed by atoms with Gasteiger partial charge >= 0.3 is 35.5 Å². The number of fused-ring (bicyclic) bond motifs is 4. The van der Waals surface area contributed by atoms with Crippen LogP contribution >= 0.6 is 118 Å². The molecule has 0 nitrogen and oxygen atoms in total. The second-order valence-corrected chi connectivity index (χ2v) is 25.1. The zero-order chi connectivity index (χ0) is 50.7. The van der Waals surface area contributed by atoms with Crippen LogP contribution in [0.5, 0.6) is 0 Å². The highest BCUT2D eigenvalue weighted by Crippen LogP contribution is 2.71. The minimum Gasteiger partial charge on any atom is -0.202 e. The minimum atomic E-state index is -6.06. The van der Waals surface area contributed by atoms with E-state index in [1.54, 1.807) is 34.8 Å². The maximum absolute atomic E-state index is 16.0. The molecule has 12 rings (SSSR count). The lowest BCUT2D eigenvalue weighted by Crippen LogP contribution is -2.49. The highest BCUT2D eigenvalue weighted by Gasteiger charge is 2.83. The van der Waals surface area contributed by atoms with Gasteiger partial charge in [0.1, 0.15) is 5.41 Å². The molecule has 9 aromatic heterocycles. The van der Waals surface area contributed by atoms with E-state index in [-0.39, 0.29) is 11.1 Å². The average molecular weight is 1220 g/mol. The van der Waals surface area contributed by atoms with Crippen molar-refractivity contribution >= 4 is 129 Å². The fraction of sp³-hybridized carbons (Fsp3) is 0.149. The first-order chi connectivity index (χ1) is 33.5. The summed E-state index contributed by atoms with van der Waals surface area (Å²) in [6.07, 6.45) is 0. The molecule has 0 saturated carbocycles. The lowest BCUT2D eigenvalue weighted by molar-refractivity contribution is -0.271. The molecule has 0 aromatic carbocycles. The summed E-state index contributed by atoms with van der Waals surface area (Å²) in [6.45, 7) is 0. The van der Waals surface area contributed by atoms with Crippen molar-refractivity contribution in [3.05, 3.63) is 170 Å². The number of allylic oxidation sites excluding steroid dienone is 4. The third-order valence-electron chi connectivity index (χ3n) is 11.4. The van der Waals surface area contributed by atoms with Crippen LogP contribution in [0.4, 0.5) is 61.5 Å². The maximum Gasteiger partial charge on any atom is 0.385 e. The van der Waals surface area contributed by atoms with Crippen molar-refractivity contribution in [1.82, 2.24) is 0 Å². The normalized spacial score (nSPS) is 19.3. The monoisotopic (exact) mass is 1220 g/mol. The van der Waals surface area contributed by atoms with E-state index in [4.69, 9.17) is 0 Å². The molecule has 0 spiro atoms. The van der Waals surface area contributed by atoms with E-state index in [9.17, 15) is 35.1 Å². The van der Waals surface area contributed by atoms with E-state index in [2.05, 4.69) is 57.0 Å². The number of alkyl halides is 12. The first-order valence-corrected chi connectivity index (χ1v) is 28.4. The summed E-state index contributed by atoms with van der Waals surface area (Å²) < 4.78 is 191. The van der Waals surface area contributed by atoms with Gasteiger partial charge in [-0.05, 0) is 103 Å². The van der Waals surface area contributed by atoms with Crippen LogP contribution in [0.3, 0.4) is 0 Å². The Bertz CT molecular complexity index is 3240. The number of thiophene rings is 9. The van der Waals surface area contributed by atoms with Crippen LogP contribution in [-0.4, -0.2) is 35.5 Å². The number of rotatable bonds is 6. The summed E-state index contributed by atoms with van der Waals surface area (Å²) in [5.41, 5.74) is -4.32. The van der Waals surface area contributed by atoms with Crippen LogP contribution in [0.1, 0.15) is 30.6 Å². The van der Waals surface area contributed by atoms with Crippen molar-refractivity contribution in [3.8, 4) is 39.0 Å². The van der Waals surface area contributed by atoms with Crippen LogP contribution in [-0.2, 0) is 5.41 Å². The van der Waals surface area contributed by atoms with Gasteiger partial charge in [-0.3, -0.25) is 0 Å². The molecule has 0 N–H and O–H groups in total. The highest BCUT2D eigenvalue weighted by atomic mass is 79.9. The lowest BCUT2D eigenvalue weighted by atomic mass is 9.78. The van der Waals surface area contributed by atoms with Crippen molar-refractivity contribution in [2.45, 2.75) is 41.0 Å². The Labute approximate surface area is 436 Å². The summed E-state index contributed by atoms with van der Waals surface area (Å²) in [6, 6.07) is 28.2. The lowest BCUT2D eigenvalue weighted by Gasteiger charge is -2.34. The Morgan fingerprint density at radius 2 is 0.704 bits per heavy atom. The molecule has 0 unspecified atom stereocenters. The fourth-order valence-corrected chi connectivity index (χ4v) is 18.5. The van der Waals surface area contributed by atoms with E-state index in [0.717, 1.165) is 19.5 Å². The van der Waals surface area contributed by atoms with Gasteiger partial charge in [0, 0.05) is 80.4 Å². The molecule has 0 fully saturated rings. The van der Waals surface area contributed by atoms with E-state index >= 15 is 26.3 Å². The zero-order valence-corrected chi connectivity index (χ0v) is 43.4. The van der Waals surface area contributed by atoms with Gasteiger partial charge in [-0.25, -0.2) is 8.78 Å². The van der Waals surface area contributed by atoms with Crippen molar-refractivity contribution in [1.29, 1.82) is 0 Å². The van der Waals surface area contributed by atoms with E-state index in [1.165, 1.54) is 104 Å². The van der Waals surface area contributed by atoms with E-state index < -0.39 is 63.8 Å². The van der Waals surface area contributed by atoms with E-state index in [0.29, 0.717) is 19.5 Å². The number of halogens is 15. The standard InChI is InChI=1S/C30H14F6S6.C12H7BrS3.C5F8/c31-28(32)23-15-13-19(17-5-1-9-37-17)41-25(15)27(21-7-3-11-39-21,22-8-4-12-40-22)26-16(24(23)29(33,34)30(28,35)36)14-20(42-26)18-6-2-10-38-18;13-8-7-11(9-3-1-5-14-9)16-12(8)10-4-2-6-15-10;6-1-2(7)4(10,11)5(12,13)3(1,8)9/h1-14H;1-7H;. The third kappa shape index (κ3) is 7.56. The van der Waals surface area contributed by atoms with Crippen LogP contribution in [0.25, 0.3) is 50.2 Å². The number of hydrogen-bond donors (Lipinski definition) is 0. The molecule has 0 aliphatic heterocycles. The van der Waals surface area contributed by atoms with Crippen molar-refractivity contribution < 1.29 is 61.5 Å². The molecule has 0 saturated heterocycles. The Kier molecular flexibility index (Phi) is 12.9. The fourth-order valence-electron chi connectivity index (χ4n) is 8.11. The van der Waals surface area contributed by atoms with Crippen molar-refractivity contribution in [2.75, 3.05) is 0 Å². The van der Waals surface area contributed by atoms with Crippen molar-refractivity contribution in [3.63, 3.8) is 0 Å². The summed E-state index contributed by atoms with van der Waals surface area (Å²) in [5.74, 6) is -40.3. The van der Waals surface area contributed by atoms with Crippen LogP contribution < -0.4 is 0 Å². The van der Waals surface area contributed by atoms with Crippen LogP contribution in [0, 0.1) is 0 Å². The third-order valence-corrected chi connectivity index (χ3v) is 22.1. The molecule has 0 bridgehead atoms. The molecule has 3 aliphatic rings. The molecular weight excluding hydrogens is 1200 g/mol. The SMILES string of the molecule is Brc1cc(-c2cccs2)sc1-c1cccs1.FC1(F)C2=C(c3cc(-c4cccs4)sc3C(c3cccs3)(c3cccs3)c3sc(-c4cccs4)cc32)C(F)(F)C1(F)F.FC1=C(F)C(F)(F)C(F)(F)C1(F)F. The van der Waals surface area contributed by atoms with E-state index in [1.807, 2.05) is 69.3 Å². The Morgan fingerprint density at radius 1 is 0.366 bits per heavy atom. The largest absolute Gasteiger partial charge is 0.385 e. The van der Waals surface area contributed by atoms with Gasteiger partial charge in [0.25, 0.3) is 0 Å². The maximum atomic E-state index is 16.0. The molecule has 0 amide bonds.